The Morgan fingerprint density at radius 2 is 1.69 bits per heavy atom. The summed E-state index contributed by atoms with van der Waals surface area (Å²) in [6, 6.07) is 8.52. The number of benzene rings is 1. The molecule has 16 heavy (non-hydrogen) atoms. The van der Waals surface area contributed by atoms with E-state index >= 15 is 0 Å². The first kappa shape index (κ1) is 11.0. The highest BCUT2D eigenvalue weighted by Crippen LogP contribution is 2.40. The molecule has 1 aromatic carbocycles. The maximum Gasteiger partial charge on any atom is 0.0417 e. The van der Waals surface area contributed by atoms with Gasteiger partial charge in [0.05, 0.1) is 0 Å². The lowest BCUT2D eigenvalue weighted by atomic mass is 9.97. The zero-order valence-corrected chi connectivity index (χ0v) is 10.5. The fraction of sp³-hybridized carbons (Fsp3) is 0.333. The number of allylic oxidation sites excluding steroid dienone is 4. The summed E-state index contributed by atoms with van der Waals surface area (Å²) in [4.78, 5) is 0. The van der Waals surface area contributed by atoms with Crippen molar-refractivity contribution >= 4 is 11.3 Å². The van der Waals surface area contributed by atoms with Gasteiger partial charge in [0.2, 0.25) is 0 Å². The van der Waals surface area contributed by atoms with Crippen LogP contribution >= 0.6 is 0 Å². The lowest BCUT2D eigenvalue weighted by molar-refractivity contribution is 1.14. The first-order chi connectivity index (χ1) is 7.65. The van der Waals surface area contributed by atoms with E-state index in [1.165, 1.54) is 33.5 Å². The molecule has 0 unspecified atom stereocenters. The third kappa shape index (κ3) is 1.67. The topological polar surface area (TPSA) is 12.0 Å². The minimum Gasteiger partial charge on any atom is -0.388 e. The number of anilines is 1. The SMILES string of the molecule is CNc1ccccc1C1=C(C)CC(C)=C1C. The fourth-order valence-electron chi connectivity index (χ4n) is 2.50. The van der Waals surface area contributed by atoms with Crippen molar-refractivity contribution < 1.29 is 0 Å². The molecule has 0 atom stereocenters. The Morgan fingerprint density at radius 3 is 2.25 bits per heavy atom. The van der Waals surface area contributed by atoms with E-state index in [0.29, 0.717) is 0 Å². The molecule has 0 fully saturated rings. The molecule has 0 amide bonds. The van der Waals surface area contributed by atoms with Gasteiger partial charge in [-0.1, -0.05) is 29.3 Å². The van der Waals surface area contributed by atoms with Gasteiger partial charge in [0, 0.05) is 18.3 Å². The lowest BCUT2D eigenvalue weighted by Crippen LogP contribution is -1.95. The fourth-order valence-corrected chi connectivity index (χ4v) is 2.50. The van der Waals surface area contributed by atoms with Crippen LogP contribution in [0.1, 0.15) is 32.8 Å². The Kier molecular flexibility index (Phi) is 2.86. The Labute approximate surface area is 97.9 Å². The first-order valence-electron chi connectivity index (χ1n) is 5.78. The maximum absolute atomic E-state index is 3.27. The third-order valence-corrected chi connectivity index (χ3v) is 3.44. The van der Waals surface area contributed by atoms with Gasteiger partial charge in [-0.2, -0.15) is 0 Å². The summed E-state index contributed by atoms with van der Waals surface area (Å²) in [5, 5.41) is 3.27. The summed E-state index contributed by atoms with van der Waals surface area (Å²) < 4.78 is 0. The Balaban J connectivity index is 2.57. The summed E-state index contributed by atoms with van der Waals surface area (Å²) in [6.45, 7) is 6.70. The van der Waals surface area contributed by atoms with E-state index in [1.807, 2.05) is 7.05 Å². The van der Waals surface area contributed by atoms with E-state index in [9.17, 15) is 0 Å². The van der Waals surface area contributed by atoms with Gasteiger partial charge in [-0.3, -0.25) is 0 Å². The van der Waals surface area contributed by atoms with Crippen LogP contribution in [0.3, 0.4) is 0 Å². The van der Waals surface area contributed by atoms with Crippen molar-refractivity contribution in [3.05, 3.63) is 46.5 Å². The van der Waals surface area contributed by atoms with Gasteiger partial charge >= 0.3 is 0 Å². The number of hydrogen-bond acceptors (Lipinski definition) is 1. The quantitative estimate of drug-likeness (QED) is 0.774. The van der Waals surface area contributed by atoms with Crippen molar-refractivity contribution in [2.45, 2.75) is 27.2 Å². The van der Waals surface area contributed by atoms with Crippen molar-refractivity contribution in [3.63, 3.8) is 0 Å². The Hall–Kier alpha value is -1.50. The summed E-state index contributed by atoms with van der Waals surface area (Å²) in [6.07, 6.45) is 1.12. The number of rotatable bonds is 2. The van der Waals surface area contributed by atoms with Crippen molar-refractivity contribution in [1.82, 2.24) is 0 Å². The average Bonchev–Trinajstić information content (AvgIpc) is 2.53. The second kappa shape index (κ2) is 4.17. The van der Waals surface area contributed by atoms with Gasteiger partial charge in [-0.25, -0.2) is 0 Å². The van der Waals surface area contributed by atoms with Crippen LogP contribution in [0.25, 0.3) is 5.57 Å². The molecular weight excluding hydrogens is 194 g/mol. The summed E-state index contributed by atoms with van der Waals surface area (Å²) in [5.74, 6) is 0. The molecule has 2 rings (SSSR count). The molecule has 1 N–H and O–H groups in total. The molecule has 0 aromatic heterocycles. The first-order valence-corrected chi connectivity index (χ1v) is 5.78. The highest BCUT2D eigenvalue weighted by atomic mass is 14.8. The predicted molar refractivity (Wildman–Crippen MR) is 71.6 cm³/mol. The molecule has 0 bridgehead atoms. The van der Waals surface area contributed by atoms with Crippen LogP contribution in [0.15, 0.2) is 41.0 Å². The van der Waals surface area contributed by atoms with Gasteiger partial charge in [0.15, 0.2) is 0 Å². The molecule has 0 saturated carbocycles. The highest BCUT2D eigenvalue weighted by Gasteiger charge is 2.18. The van der Waals surface area contributed by atoms with Crippen LogP contribution in [-0.4, -0.2) is 7.05 Å². The van der Waals surface area contributed by atoms with Gasteiger partial charge in [-0.15, -0.1) is 0 Å². The van der Waals surface area contributed by atoms with Crippen LogP contribution < -0.4 is 5.32 Å². The van der Waals surface area contributed by atoms with Gasteiger partial charge in [0.1, 0.15) is 0 Å². The van der Waals surface area contributed by atoms with Crippen LogP contribution in [0, 0.1) is 0 Å². The molecule has 1 heteroatoms. The Morgan fingerprint density at radius 1 is 1.00 bits per heavy atom. The zero-order chi connectivity index (χ0) is 11.7. The third-order valence-electron chi connectivity index (χ3n) is 3.44. The van der Waals surface area contributed by atoms with Crippen molar-refractivity contribution in [3.8, 4) is 0 Å². The molecule has 1 aromatic rings. The van der Waals surface area contributed by atoms with E-state index in [1.54, 1.807) is 0 Å². The van der Waals surface area contributed by atoms with Crippen LogP contribution in [0.2, 0.25) is 0 Å². The molecule has 84 valence electrons. The molecule has 1 aliphatic rings. The Bertz CT molecular complexity index is 478. The summed E-state index contributed by atoms with van der Waals surface area (Å²) in [5.41, 5.74) is 8.40. The lowest BCUT2D eigenvalue weighted by Gasteiger charge is -2.12. The molecule has 0 heterocycles. The van der Waals surface area contributed by atoms with Crippen LogP contribution in [0.4, 0.5) is 5.69 Å². The smallest absolute Gasteiger partial charge is 0.0417 e. The van der Waals surface area contributed by atoms with Gasteiger partial charge in [0.25, 0.3) is 0 Å². The predicted octanol–water partition coefficient (Wildman–Crippen LogP) is 4.24. The minimum absolute atomic E-state index is 1.12. The van der Waals surface area contributed by atoms with E-state index in [2.05, 4.69) is 50.4 Å². The molecule has 1 aliphatic carbocycles. The number of nitrogens with one attached hydrogen (secondary N) is 1. The van der Waals surface area contributed by atoms with E-state index in [0.717, 1.165) is 6.42 Å². The minimum atomic E-state index is 1.12. The second-order valence-electron chi connectivity index (χ2n) is 4.53. The summed E-state index contributed by atoms with van der Waals surface area (Å²) >= 11 is 0. The van der Waals surface area contributed by atoms with Gasteiger partial charge < -0.3 is 5.32 Å². The molecule has 0 spiro atoms. The van der Waals surface area contributed by atoms with Crippen molar-refractivity contribution in [2.75, 3.05) is 12.4 Å². The van der Waals surface area contributed by atoms with Crippen molar-refractivity contribution in [1.29, 1.82) is 0 Å². The average molecular weight is 213 g/mol. The molecule has 0 saturated heterocycles. The van der Waals surface area contributed by atoms with E-state index < -0.39 is 0 Å². The number of hydrogen-bond donors (Lipinski definition) is 1. The molecule has 0 radical (unpaired) electrons. The summed E-state index contributed by atoms with van der Waals surface area (Å²) in [7, 11) is 1.98. The largest absolute Gasteiger partial charge is 0.388 e. The van der Waals surface area contributed by atoms with Crippen LogP contribution in [-0.2, 0) is 0 Å². The van der Waals surface area contributed by atoms with E-state index in [-0.39, 0.29) is 0 Å². The standard InChI is InChI=1S/C15H19N/c1-10-9-11(2)15(12(10)3)13-7-5-6-8-14(13)16-4/h5-8,16H,9H2,1-4H3. The molecular formula is C15H19N. The highest BCUT2D eigenvalue weighted by molar-refractivity contribution is 5.89. The molecule has 1 nitrogen and oxygen atoms in total. The maximum atomic E-state index is 3.27. The molecule has 0 aliphatic heterocycles. The zero-order valence-electron chi connectivity index (χ0n) is 10.5. The van der Waals surface area contributed by atoms with Gasteiger partial charge in [-0.05, 0) is 44.4 Å². The van der Waals surface area contributed by atoms with Crippen LogP contribution in [0.5, 0.6) is 0 Å². The van der Waals surface area contributed by atoms with E-state index in [4.69, 9.17) is 0 Å². The van der Waals surface area contributed by atoms with Crippen molar-refractivity contribution in [2.24, 2.45) is 0 Å². The second-order valence-corrected chi connectivity index (χ2v) is 4.53. The monoisotopic (exact) mass is 213 g/mol. The normalized spacial score (nSPS) is 16.0. The number of para-hydroxylation sites is 1.